The summed E-state index contributed by atoms with van der Waals surface area (Å²) < 4.78 is 96.0. The Balaban J connectivity index is 1.28. The highest BCUT2D eigenvalue weighted by molar-refractivity contribution is 6.05. The molecule has 3 heterocycles. The van der Waals surface area contributed by atoms with Crippen molar-refractivity contribution in [1.29, 1.82) is 0 Å². The fraction of sp³-hybridized carbons (Fsp3) is 0.432. The number of hydrogen-bond donors (Lipinski definition) is 2. The fourth-order valence-electron chi connectivity index (χ4n) is 7.44. The van der Waals surface area contributed by atoms with E-state index < -0.39 is 74.3 Å². The maximum atomic E-state index is 14.4. The monoisotopic (exact) mass is 718 g/mol. The number of pyridine rings is 1. The molecule has 4 aromatic rings. The predicted octanol–water partition coefficient (Wildman–Crippen LogP) is 7.31. The van der Waals surface area contributed by atoms with E-state index in [1.807, 2.05) is 36.4 Å². The number of likely N-dealkylation sites (tertiary alicyclic amines) is 2. The van der Waals surface area contributed by atoms with Gasteiger partial charge in [0.25, 0.3) is 0 Å². The van der Waals surface area contributed by atoms with Crippen LogP contribution in [0.25, 0.3) is 32.8 Å². The molecule has 2 aliphatic rings. The van der Waals surface area contributed by atoms with Gasteiger partial charge in [0.2, 0.25) is 5.91 Å². The number of piperidine rings is 2. The first kappa shape index (κ1) is 36.5. The molecule has 1 aromatic heterocycles. The highest BCUT2D eigenvalue weighted by Crippen LogP contribution is 2.47. The molecule has 6 rings (SSSR count). The lowest BCUT2D eigenvalue weighted by Gasteiger charge is -2.42. The third-order valence-electron chi connectivity index (χ3n) is 10.1. The molecule has 2 saturated heterocycles. The molecule has 2 N–H and O–H groups in total. The third-order valence-corrected chi connectivity index (χ3v) is 10.1. The molecule has 3 aromatic carbocycles. The minimum absolute atomic E-state index is 0.353. The van der Waals surface area contributed by atoms with Crippen LogP contribution in [0.3, 0.4) is 0 Å². The minimum Gasteiger partial charge on any atom is -0.480 e. The molecule has 0 aliphatic carbocycles. The van der Waals surface area contributed by atoms with E-state index >= 15 is 0 Å². The van der Waals surface area contributed by atoms with Gasteiger partial charge in [-0.25, -0.2) is 9.18 Å². The van der Waals surface area contributed by atoms with Gasteiger partial charge >= 0.3 is 18.3 Å². The first-order chi connectivity index (χ1) is 24.1. The standard InChI is InChI=1S/C37H37F7N4O3/c38-25-7-5-15-48(21-25)20-24-19-45-32(29-9-2-1-8-27(24)29)30-12-4-10-26-23(6-3-11-28(26)30)18-31(33(49)50)46-34(51)35(37(42,43)44)13-16-47(17-14-35)22-36(39,40)41/h1-4,6,8-12,19,25,31H,5,7,13-18,20-22H2,(H,46,51)(H,49,50)/t25-,31+/m1/s1. The molecular formula is C37H37F7N4O3. The van der Waals surface area contributed by atoms with Crippen molar-refractivity contribution in [2.75, 3.05) is 32.7 Å². The lowest BCUT2D eigenvalue weighted by molar-refractivity contribution is -0.236. The van der Waals surface area contributed by atoms with Crippen molar-refractivity contribution in [3.63, 3.8) is 0 Å². The number of nitrogens with zero attached hydrogens (tertiary/aromatic N) is 3. The summed E-state index contributed by atoms with van der Waals surface area (Å²) in [5.41, 5.74) is -0.237. The summed E-state index contributed by atoms with van der Waals surface area (Å²) in [6.45, 7) is -0.974. The number of carbonyl (C=O) groups excluding carboxylic acids is 1. The number of carboxylic acids is 1. The van der Waals surface area contributed by atoms with Crippen LogP contribution >= 0.6 is 0 Å². The number of hydrogen-bond acceptors (Lipinski definition) is 5. The molecule has 2 fully saturated rings. The molecule has 0 radical (unpaired) electrons. The highest BCUT2D eigenvalue weighted by atomic mass is 19.4. The first-order valence-corrected chi connectivity index (χ1v) is 16.8. The largest absolute Gasteiger partial charge is 0.480 e. The Morgan fingerprint density at radius 1 is 0.863 bits per heavy atom. The molecule has 0 spiro atoms. The number of nitrogens with one attached hydrogen (secondary N) is 1. The van der Waals surface area contributed by atoms with Crippen LogP contribution < -0.4 is 5.32 Å². The van der Waals surface area contributed by atoms with E-state index in [-0.39, 0.29) is 6.42 Å². The molecule has 7 nitrogen and oxygen atoms in total. The van der Waals surface area contributed by atoms with Crippen molar-refractivity contribution in [3.05, 3.63) is 78.0 Å². The average Bonchev–Trinajstić information content (AvgIpc) is 3.07. The molecule has 0 saturated carbocycles. The summed E-state index contributed by atoms with van der Waals surface area (Å²) in [6, 6.07) is 16.5. The van der Waals surface area contributed by atoms with Crippen LogP contribution in [0.1, 0.15) is 36.8 Å². The second-order valence-corrected chi connectivity index (χ2v) is 13.5. The Labute approximate surface area is 289 Å². The molecule has 51 heavy (non-hydrogen) atoms. The first-order valence-electron chi connectivity index (χ1n) is 16.8. The van der Waals surface area contributed by atoms with Gasteiger partial charge in [-0.05, 0) is 72.6 Å². The molecule has 272 valence electrons. The Bertz CT molecular complexity index is 1910. The van der Waals surface area contributed by atoms with Crippen LogP contribution in [0.2, 0.25) is 0 Å². The topological polar surface area (TPSA) is 85.8 Å². The van der Waals surface area contributed by atoms with Gasteiger partial charge in [0, 0.05) is 36.7 Å². The van der Waals surface area contributed by atoms with Gasteiger partial charge in [0.15, 0.2) is 0 Å². The zero-order valence-corrected chi connectivity index (χ0v) is 27.5. The summed E-state index contributed by atoms with van der Waals surface area (Å²) in [6.07, 6.45) is -9.71. The lowest BCUT2D eigenvalue weighted by atomic mass is 9.76. The Morgan fingerprint density at radius 2 is 1.51 bits per heavy atom. The Hall–Kier alpha value is -4.30. The van der Waals surface area contributed by atoms with Crippen molar-refractivity contribution >= 4 is 33.4 Å². The van der Waals surface area contributed by atoms with E-state index in [2.05, 4.69) is 10.2 Å². The number of alkyl halides is 7. The summed E-state index contributed by atoms with van der Waals surface area (Å²) >= 11 is 0. The quantitative estimate of drug-likeness (QED) is 0.177. The maximum absolute atomic E-state index is 14.4. The Morgan fingerprint density at radius 3 is 2.18 bits per heavy atom. The van der Waals surface area contributed by atoms with Crippen molar-refractivity contribution in [2.24, 2.45) is 5.41 Å². The van der Waals surface area contributed by atoms with Crippen molar-refractivity contribution < 1.29 is 45.4 Å². The fourth-order valence-corrected chi connectivity index (χ4v) is 7.44. The number of aromatic nitrogens is 1. The molecule has 0 bridgehead atoms. The number of halogens is 7. The van der Waals surface area contributed by atoms with E-state index in [0.717, 1.165) is 39.8 Å². The smallest absolute Gasteiger partial charge is 0.403 e. The second kappa shape index (κ2) is 14.4. The maximum Gasteiger partial charge on any atom is 0.403 e. The summed E-state index contributed by atoms with van der Waals surface area (Å²) in [7, 11) is 0. The predicted molar refractivity (Wildman–Crippen MR) is 178 cm³/mol. The molecule has 2 atom stereocenters. The van der Waals surface area contributed by atoms with E-state index in [1.54, 1.807) is 30.5 Å². The normalized spacial score (nSPS) is 19.6. The molecule has 14 heteroatoms. The van der Waals surface area contributed by atoms with Crippen molar-refractivity contribution in [3.8, 4) is 11.3 Å². The van der Waals surface area contributed by atoms with Crippen molar-refractivity contribution in [1.82, 2.24) is 20.1 Å². The number of aliphatic carboxylic acids is 1. The van der Waals surface area contributed by atoms with Gasteiger partial charge in [-0.1, -0.05) is 60.7 Å². The van der Waals surface area contributed by atoms with Gasteiger partial charge < -0.3 is 10.4 Å². The lowest BCUT2D eigenvalue weighted by Crippen LogP contribution is -2.59. The van der Waals surface area contributed by atoms with Crippen LogP contribution in [0.15, 0.2) is 66.9 Å². The summed E-state index contributed by atoms with van der Waals surface area (Å²) in [5, 5.41) is 15.3. The number of carbonyl (C=O) groups is 2. The van der Waals surface area contributed by atoms with Gasteiger partial charge in [-0.15, -0.1) is 0 Å². The SMILES string of the molecule is O=C(O)[C@H](Cc1cccc2c(-c3ncc(CN4CCC[C@@H](F)C4)c4ccccc34)cccc12)NC(=O)C1(C(F)(F)F)CCN(CC(F)(F)F)CC1. The minimum atomic E-state index is -5.12. The van der Waals surface area contributed by atoms with E-state index in [0.29, 0.717) is 41.5 Å². The molecule has 2 aliphatic heterocycles. The van der Waals surface area contributed by atoms with Crippen LogP contribution in [-0.2, 0) is 22.6 Å². The number of rotatable bonds is 9. The van der Waals surface area contributed by atoms with Crippen LogP contribution in [0, 0.1) is 5.41 Å². The average molecular weight is 719 g/mol. The molecule has 0 unspecified atom stereocenters. The molecule has 1 amide bonds. The van der Waals surface area contributed by atoms with Crippen LogP contribution in [0.5, 0.6) is 0 Å². The zero-order valence-electron chi connectivity index (χ0n) is 27.5. The van der Waals surface area contributed by atoms with E-state index in [9.17, 15) is 45.4 Å². The highest BCUT2D eigenvalue weighted by Gasteiger charge is 2.61. The van der Waals surface area contributed by atoms with Crippen molar-refractivity contribution in [2.45, 2.75) is 63.2 Å². The van der Waals surface area contributed by atoms with Gasteiger partial charge in [0.05, 0.1) is 12.2 Å². The van der Waals surface area contributed by atoms with E-state index in [1.165, 1.54) is 0 Å². The van der Waals surface area contributed by atoms with Gasteiger partial charge in [-0.3, -0.25) is 19.6 Å². The number of fused-ring (bicyclic) bond motifs is 2. The number of benzene rings is 3. The van der Waals surface area contributed by atoms with E-state index in [4.69, 9.17) is 4.98 Å². The summed E-state index contributed by atoms with van der Waals surface area (Å²) in [4.78, 5) is 33.4. The van der Waals surface area contributed by atoms with Crippen LogP contribution in [-0.4, -0.2) is 89.1 Å². The van der Waals surface area contributed by atoms with Gasteiger partial charge in [-0.2, -0.15) is 26.3 Å². The number of carboxylic acid groups (broad SMARTS) is 1. The summed E-state index contributed by atoms with van der Waals surface area (Å²) in [5.74, 6) is -3.13. The molecular weight excluding hydrogens is 681 g/mol. The third kappa shape index (κ3) is 7.81. The number of amides is 1. The van der Waals surface area contributed by atoms with Crippen LogP contribution in [0.4, 0.5) is 30.7 Å². The van der Waals surface area contributed by atoms with Gasteiger partial charge in [0.1, 0.15) is 17.6 Å². The zero-order chi connectivity index (χ0) is 36.6. The second-order valence-electron chi connectivity index (χ2n) is 13.5. The Kier molecular flexibility index (Phi) is 10.3.